The molecule has 0 spiro atoms. The van der Waals surface area contributed by atoms with E-state index >= 15 is 0 Å². The Balaban J connectivity index is 0.887. The number of hydrogen-bond acceptors (Lipinski definition) is 2. The predicted molar refractivity (Wildman–Crippen MR) is 259 cm³/mol. The van der Waals surface area contributed by atoms with Crippen LogP contribution in [0.25, 0.3) is 111 Å². The van der Waals surface area contributed by atoms with Gasteiger partial charge in [0.05, 0.1) is 33.3 Å². The number of rotatable bonds is 6. The molecule has 0 amide bonds. The van der Waals surface area contributed by atoms with Gasteiger partial charge in [-0.2, -0.15) is 0 Å². The van der Waals surface area contributed by atoms with Crippen molar-refractivity contribution in [2.24, 2.45) is 0 Å². The summed E-state index contributed by atoms with van der Waals surface area (Å²) in [4.78, 5) is 10.1. The third-order valence-electron chi connectivity index (χ3n) is 12.4. The molecule has 0 bridgehead atoms. The van der Waals surface area contributed by atoms with Gasteiger partial charge < -0.3 is 9.13 Å². The lowest BCUT2D eigenvalue weighted by Crippen LogP contribution is -1.97. The molecule has 0 unspecified atom stereocenters. The van der Waals surface area contributed by atoms with Crippen molar-refractivity contribution in [3.63, 3.8) is 0 Å². The fourth-order valence-electron chi connectivity index (χ4n) is 9.58. The Morgan fingerprint density at radius 3 is 1.37 bits per heavy atom. The Hall–Kier alpha value is -8.08. The first kappa shape index (κ1) is 35.8. The topological polar surface area (TPSA) is 35.6 Å². The van der Waals surface area contributed by atoms with E-state index in [0.29, 0.717) is 5.82 Å². The number of nitrogens with zero attached hydrogens (tertiary/aromatic N) is 4. The maximum absolute atomic E-state index is 5.11. The zero-order valence-electron chi connectivity index (χ0n) is 34.4. The molecule has 3 aromatic heterocycles. The van der Waals surface area contributed by atoms with Crippen LogP contribution in [0.5, 0.6) is 0 Å². The van der Waals surface area contributed by atoms with Crippen LogP contribution in [0.2, 0.25) is 0 Å². The van der Waals surface area contributed by atoms with Crippen LogP contribution in [-0.2, 0) is 0 Å². The molecule has 0 N–H and O–H groups in total. The molecule has 4 heteroatoms. The monoisotopic (exact) mass is 792 g/mol. The zero-order chi connectivity index (χ0) is 41.3. The molecule has 62 heavy (non-hydrogen) atoms. The van der Waals surface area contributed by atoms with Crippen LogP contribution in [0, 0.1) is 13.8 Å². The van der Waals surface area contributed by atoms with Crippen LogP contribution in [0.15, 0.2) is 206 Å². The summed E-state index contributed by atoms with van der Waals surface area (Å²) in [5.74, 6) is 0.716. The van der Waals surface area contributed by atoms with E-state index in [-0.39, 0.29) is 0 Å². The van der Waals surface area contributed by atoms with Crippen molar-refractivity contribution in [2.45, 2.75) is 13.8 Å². The van der Waals surface area contributed by atoms with Crippen LogP contribution < -0.4 is 0 Å². The number of aromatic nitrogens is 4. The second-order valence-corrected chi connectivity index (χ2v) is 16.4. The summed E-state index contributed by atoms with van der Waals surface area (Å²) in [6.07, 6.45) is 0. The molecule has 0 aliphatic heterocycles. The first-order valence-corrected chi connectivity index (χ1v) is 21.2. The van der Waals surface area contributed by atoms with E-state index in [4.69, 9.17) is 9.97 Å². The number of hydrogen-bond donors (Lipinski definition) is 0. The summed E-state index contributed by atoms with van der Waals surface area (Å²) in [5, 5.41) is 6.02. The highest BCUT2D eigenvalue weighted by atomic mass is 15.0. The molecule has 0 atom stereocenters. The maximum Gasteiger partial charge on any atom is 0.160 e. The normalized spacial score (nSPS) is 11.7. The fraction of sp³-hybridized carbons (Fsp3) is 0.0345. The SMILES string of the molecule is Cc1cc(C)cc(-n2c3ccccc3c3cc(-c4ccc(-c5ccc6c(c5)c5ccccc5n6-c5ccc(-c6nc(-c7ccccc7)c7ccccc7n6)cc5)cc4)ccc32)c1. The average molecular weight is 793 g/mol. The Labute approximate surface area is 359 Å². The Morgan fingerprint density at radius 1 is 0.306 bits per heavy atom. The highest BCUT2D eigenvalue weighted by molar-refractivity contribution is 6.12. The van der Waals surface area contributed by atoms with Gasteiger partial charge in [-0.05, 0) is 126 Å². The van der Waals surface area contributed by atoms with Crippen molar-refractivity contribution in [1.82, 2.24) is 19.1 Å². The quantitative estimate of drug-likeness (QED) is 0.168. The predicted octanol–water partition coefficient (Wildman–Crippen LogP) is 15.1. The number of benzene rings is 9. The van der Waals surface area contributed by atoms with Gasteiger partial charge >= 0.3 is 0 Å². The van der Waals surface area contributed by atoms with Gasteiger partial charge in [0, 0.05) is 49.4 Å². The van der Waals surface area contributed by atoms with E-state index in [2.05, 4.69) is 211 Å². The number of aryl methyl sites for hydroxylation is 2. The van der Waals surface area contributed by atoms with Crippen LogP contribution in [0.1, 0.15) is 11.1 Å². The largest absolute Gasteiger partial charge is 0.309 e. The van der Waals surface area contributed by atoms with Gasteiger partial charge in [0.2, 0.25) is 0 Å². The smallest absolute Gasteiger partial charge is 0.160 e. The summed E-state index contributed by atoms with van der Waals surface area (Å²) in [7, 11) is 0. The lowest BCUT2D eigenvalue weighted by atomic mass is 9.98. The molecule has 9 aromatic carbocycles. The van der Waals surface area contributed by atoms with Gasteiger partial charge in [-0.25, -0.2) is 9.97 Å². The van der Waals surface area contributed by atoms with Crippen molar-refractivity contribution in [2.75, 3.05) is 0 Å². The molecule has 3 heterocycles. The van der Waals surface area contributed by atoms with Crippen molar-refractivity contribution >= 4 is 54.5 Å². The van der Waals surface area contributed by atoms with Gasteiger partial charge in [-0.1, -0.05) is 127 Å². The second kappa shape index (κ2) is 14.3. The lowest BCUT2D eigenvalue weighted by molar-refractivity contribution is 1.16. The van der Waals surface area contributed by atoms with Gasteiger partial charge in [-0.15, -0.1) is 0 Å². The molecule has 12 rings (SSSR count). The van der Waals surface area contributed by atoms with E-state index in [1.54, 1.807) is 0 Å². The molecule has 4 nitrogen and oxygen atoms in total. The van der Waals surface area contributed by atoms with Gasteiger partial charge in [-0.3, -0.25) is 0 Å². The average Bonchev–Trinajstić information content (AvgIpc) is 3.83. The Kier molecular flexibility index (Phi) is 8.26. The third-order valence-corrected chi connectivity index (χ3v) is 12.4. The van der Waals surface area contributed by atoms with E-state index in [9.17, 15) is 0 Å². The molecule has 0 saturated carbocycles. The van der Waals surface area contributed by atoms with E-state index in [1.807, 2.05) is 18.2 Å². The molecule has 0 radical (unpaired) electrons. The van der Waals surface area contributed by atoms with Crippen molar-refractivity contribution in [3.8, 4) is 56.3 Å². The first-order chi connectivity index (χ1) is 30.5. The maximum atomic E-state index is 5.11. The summed E-state index contributed by atoms with van der Waals surface area (Å²) < 4.78 is 4.77. The number of para-hydroxylation sites is 3. The molecule has 292 valence electrons. The van der Waals surface area contributed by atoms with E-state index in [0.717, 1.165) is 33.4 Å². The highest BCUT2D eigenvalue weighted by Crippen LogP contribution is 2.38. The van der Waals surface area contributed by atoms with Crippen molar-refractivity contribution < 1.29 is 0 Å². The fourth-order valence-corrected chi connectivity index (χ4v) is 9.58. The van der Waals surface area contributed by atoms with Gasteiger partial charge in [0.1, 0.15) is 0 Å². The van der Waals surface area contributed by atoms with E-state index < -0.39 is 0 Å². The Morgan fingerprint density at radius 2 is 0.774 bits per heavy atom. The minimum Gasteiger partial charge on any atom is -0.309 e. The molecular formula is C58H40N4. The van der Waals surface area contributed by atoms with Crippen molar-refractivity contribution in [1.29, 1.82) is 0 Å². The zero-order valence-corrected chi connectivity index (χ0v) is 34.4. The minimum absolute atomic E-state index is 0.716. The Bertz CT molecular complexity index is 3670. The summed E-state index contributed by atoms with van der Waals surface area (Å²) in [6.45, 7) is 4.35. The highest BCUT2D eigenvalue weighted by Gasteiger charge is 2.17. The first-order valence-electron chi connectivity index (χ1n) is 21.2. The van der Waals surface area contributed by atoms with Crippen LogP contribution in [-0.4, -0.2) is 19.1 Å². The van der Waals surface area contributed by atoms with Crippen LogP contribution >= 0.6 is 0 Å². The van der Waals surface area contributed by atoms with Crippen LogP contribution in [0.3, 0.4) is 0 Å². The summed E-state index contributed by atoms with van der Waals surface area (Å²) >= 11 is 0. The summed E-state index contributed by atoms with van der Waals surface area (Å²) in [6, 6.07) is 74.4. The third kappa shape index (κ3) is 5.91. The lowest BCUT2D eigenvalue weighted by Gasteiger charge is -2.11. The van der Waals surface area contributed by atoms with Gasteiger partial charge in [0.25, 0.3) is 0 Å². The molecule has 0 aliphatic carbocycles. The van der Waals surface area contributed by atoms with Crippen molar-refractivity contribution in [3.05, 3.63) is 217 Å². The number of fused-ring (bicyclic) bond motifs is 7. The van der Waals surface area contributed by atoms with Crippen LogP contribution in [0.4, 0.5) is 0 Å². The molecule has 0 aliphatic rings. The summed E-state index contributed by atoms with van der Waals surface area (Å²) in [5.41, 5.74) is 18.3. The second-order valence-electron chi connectivity index (χ2n) is 16.4. The molecule has 0 fully saturated rings. The standard InChI is InChI=1S/C58H40N4/c1-37-32-38(2)34-46(33-37)62-54-19-11-8-15-48(54)51-36-44(27-31-56(51)62)40-22-20-39(21-23-40)43-26-30-55-50(35-43)47-14-7-10-18-53(47)61(55)45-28-24-42(25-29-45)58-59-52-17-9-6-16-49(52)57(60-58)41-12-4-3-5-13-41/h3-36H,1-2H3. The van der Waals surface area contributed by atoms with E-state index in [1.165, 1.54) is 82.7 Å². The minimum atomic E-state index is 0.716. The molecular weight excluding hydrogens is 753 g/mol. The van der Waals surface area contributed by atoms with Gasteiger partial charge in [0.15, 0.2) is 5.82 Å². The molecule has 12 aromatic rings. The molecule has 0 saturated heterocycles.